The van der Waals surface area contributed by atoms with Crippen molar-refractivity contribution in [2.45, 2.75) is 44.9 Å². The van der Waals surface area contributed by atoms with Crippen molar-refractivity contribution in [2.24, 2.45) is 0 Å². The predicted octanol–water partition coefficient (Wildman–Crippen LogP) is 3.28. The van der Waals surface area contributed by atoms with Crippen LogP contribution < -0.4 is 0 Å². The normalized spacial score (nSPS) is 17.2. The van der Waals surface area contributed by atoms with Crippen LogP contribution in [0.3, 0.4) is 0 Å². The number of carbonyl (C=O) groups excluding carboxylic acids is 1. The molecule has 2 aromatic rings. The fourth-order valence-corrected chi connectivity index (χ4v) is 3.28. The largest absolute Gasteiger partial charge is 0.342 e. The molecule has 1 aromatic heterocycles. The Labute approximate surface area is 136 Å². The van der Waals surface area contributed by atoms with Gasteiger partial charge < -0.3 is 9.42 Å². The van der Waals surface area contributed by atoms with Gasteiger partial charge in [0.1, 0.15) is 0 Å². The van der Waals surface area contributed by atoms with Crippen LogP contribution in [0.5, 0.6) is 0 Å². The van der Waals surface area contributed by atoms with Gasteiger partial charge in [0.15, 0.2) is 5.82 Å². The van der Waals surface area contributed by atoms with Gasteiger partial charge in [-0.15, -0.1) is 0 Å². The minimum Gasteiger partial charge on any atom is -0.342 e. The molecular weight excluding hydrogens is 290 g/mol. The minimum absolute atomic E-state index is 0.0431. The highest BCUT2D eigenvalue weighted by molar-refractivity contribution is 5.83. The van der Waals surface area contributed by atoms with Crippen LogP contribution in [-0.2, 0) is 4.79 Å². The van der Waals surface area contributed by atoms with E-state index in [1.54, 1.807) is 0 Å². The molecule has 3 rings (SSSR count). The second-order valence-electron chi connectivity index (χ2n) is 6.15. The van der Waals surface area contributed by atoms with Crippen LogP contribution in [0.1, 0.15) is 55.3 Å². The standard InChI is InChI=1S/C18H23N3O2/c1-3-16(14-7-5-4-6-8-14)18(22)21-11-9-15(10-12-21)17-19-13(2)20-23-17/h4-8,15-16H,3,9-12H2,1-2H3/t16-/m1/s1. The van der Waals surface area contributed by atoms with Crippen molar-refractivity contribution in [3.05, 3.63) is 47.6 Å². The zero-order chi connectivity index (χ0) is 16.2. The van der Waals surface area contributed by atoms with Gasteiger partial charge in [-0.25, -0.2) is 0 Å². The molecule has 0 spiro atoms. The Morgan fingerprint density at radius 3 is 2.57 bits per heavy atom. The van der Waals surface area contributed by atoms with E-state index in [-0.39, 0.29) is 17.7 Å². The number of amides is 1. The van der Waals surface area contributed by atoms with Crippen molar-refractivity contribution in [3.8, 4) is 0 Å². The van der Waals surface area contributed by atoms with E-state index in [2.05, 4.69) is 17.1 Å². The lowest BCUT2D eigenvalue weighted by atomic mass is 9.92. The van der Waals surface area contributed by atoms with Gasteiger partial charge in [-0.3, -0.25) is 4.79 Å². The first-order valence-electron chi connectivity index (χ1n) is 8.33. The zero-order valence-electron chi connectivity index (χ0n) is 13.7. The molecule has 0 radical (unpaired) electrons. The van der Waals surface area contributed by atoms with Crippen LogP contribution in [0.15, 0.2) is 34.9 Å². The van der Waals surface area contributed by atoms with Gasteiger partial charge in [0, 0.05) is 19.0 Å². The molecule has 0 aliphatic carbocycles. The monoisotopic (exact) mass is 313 g/mol. The summed E-state index contributed by atoms with van der Waals surface area (Å²) < 4.78 is 5.27. The number of aryl methyl sites for hydroxylation is 1. The summed E-state index contributed by atoms with van der Waals surface area (Å²) in [4.78, 5) is 19.2. The van der Waals surface area contributed by atoms with Crippen molar-refractivity contribution in [2.75, 3.05) is 13.1 Å². The number of hydrogen-bond acceptors (Lipinski definition) is 4. The topological polar surface area (TPSA) is 59.2 Å². The van der Waals surface area contributed by atoms with E-state index >= 15 is 0 Å². The van der Waals surface area contributed by atoms with E-state index in [0.29, 0.717) is 11.7 Å². The van der Waals surface area contributed by atoms with Crippen LogP contribution in [0.2, 0.25) is 0 Å². The molecule has 0 N–H and O–H groups in total. The first-order chi connectivity index (χ1) is 11.2. The number of nitrogens with zero attached hydrogens (tertiary/aromatic N) is 3. The molecule has 0 bridgehead atoms. The summed E-state index contributed by atoms with van der Waals surface area (Å²) in [6.07, 6.45) is 2.60. The van der Waals surface area contributed by atoms with Crippen molar-refractivity contribution in [1.82, 2.24) is 15.0 Å². The maximum absolute atomic E-state index is 12.9. The summed E-state index contributed by atoms with van der Waals surface area (Å²) in [6.45, 7) is 5.42. The second kappa shape index (κ2) is 6.94. The summed E-state index contributed by atoms with van der Waals surface area (Å²) >= 11 is 0. The van der Waals surface area contributed by atoms with Crippen molar-refractivity contribution < 1.29 is 9.32 Å². The van der Waals surface area contributed by atoms with Gasteiger partial charge in [-0.1, -0.05) is 42.4 Å². The van der Waals surface area contributed by atoms with Gasteiger partial charge in [-0.05, 0) is 31.7 Å². The van der Waals surface area contributed by atoms with Crippen molar-refractivity contribution in [3.63, 3.8) is 0 Å². The van der Waals surface area contributed by atoms with Crippen molar-refractivity contribution >= 4 is 5.91 Å². The number of rotatable bonds is 4. The number of aromatic nitrogens is 2. The number of benzene rings is 1. The summed E-state index contributed by atoms with van der Waals surface area (Å²) in [6, 6.07) is 10.1. The van der Waals surface area contributed by atoms with E-state index in [4.69, 9.17) is 4.52 Å². The lowest BCUT2D eigenvalue weighted by Crippen LogP contribution is -2.40. The Morgan fingerprint density at radius 1 is 1.30 bits per heavy atom. The van der Waals surface area contributed by atoms with E-state index in [1.807, 2.05) is 42.2 Å². The predicted molar refractivity (Wildman–Crippen MR) is 87.1 cm³/mol. The third kappa shape index (κ3) is 3.44. The summed E-state index contributed by atoms with van der Waals surface area (Å²) in [5, 5.41) is 3.86. The van der Waals surface area contributed by atoms with Gasteiger partial charge in [-0.2, -0.15) is 4.98 Å². The highest BCUT2D eigenvalue weighted by atomic mass is 16.5. The highest BCUT2D eigenvalue weighted by Crippen LogP contribution is 2.29. The summed E-state index contributed by atoms with van der Waals surface area (Å²) in [5.41, 5.74) is 1.11. The fraction of sp³-hybridized carbons (Fsp3) is 0.500. The molecule has 23 heavy (non-hydrogen) atoms. The molecule has 5 nitrogen and oxygen atoms in total. The van der Waals surface area contributed by atoms with E-state index in [9.17, 15) is 4.79 Å². The maximum atomic E-state index is 12.9. The molecule has 5 heteroatoms. The number of carbonyl (C=O) groups is 1. The molecule has 1 aromatic carbocycles. The number of likely N-dealkylation sites (tertiary alicyclic amines) is 1. The molecule has 1 atom stereocenters. The van der Waals surface area contributed by atoms with Gasteiger partial charge >= 0.3 is 0 Å². The molecular formula is C18H23N3O2. The lowest BCUT2D eigenvalue weighted by molar-refractivity contribution is -0.134. The third-order valence-electron chi connectivity index (χ3n) is 4.61. The van der Waals surface area contributed by atoms with E-state index < -0.39 is 0 Å². The Balaban J connectivity index is 1.63. The first-order valence-corrected chi connectivity index (χ1v) is 8.33. The first kappa shape index (κ1) is 15.7. The minimum atomic E-state index is -0.0431. The quantitative estimate of drug-likeness (QED) is 0.869. The molecule has 1 saturated heterocycles. The van der Waals surface area contributed by atoms with Gasteiger partial charge in [0.25, 0.3) is 0 Å². The van der Waals surface area contributed by atoms with Crippen LogP contribution >= 0.6 is 0 Å². The molecule has 1 amide bonds. The SMILES string of the molecule is CC[C@@H](C(=O)N1CCC(c2nc(C)no2)CC1)c1ccccc1. The van der Waals surface area contributed by atoms with Crippen LogP contribution in [0, 0.1) is 6.92 Å². The van der Waals surface area contributed by atoms with Gasteiger partial charge in [0.2, 0.25) is 11.8 Å². The smallest absolute Gasteiger partial charge is 0.230 e. The molecule has 0 saturated carbocycles. The highest BCUT2D eigenvalue weighted by Gasteiger charge is 2.30. The Morgan fingerprint density at radius 2 is 2.00 bits per heavy atom. The molecule has 1 aliphatic rings. The molecule has 1 aliphatic heterocycles. The van der Waals surface area contributed by atoms with Crippen molar-refractivity contribution in [1.29, 1.82) is 0 Å². The van der Waals surface area contributed by atoms with Crippen LogP contribution in [0.4, 0.5) is 0 Å². The Hall–Kier alpha value is -2.17. The van der Waals surface area contributed by atoms with E-state index in [0.717, 1.165) is 37.9 Å². The zero-order valence-corrected chi connectivity index (χ0v) is 13.7. The second-order valence-corrected chi connectivity index (χ2v) is 6.15. The molecule has 2 heterocycles. The fourth-order valence-electron chi connectivity index (χ4n) is 3.28. The van der Waals surface area contributed by atoms with Gasteiger partial charge in [0.05, 0.1) is 5.92 Å². The van der Waals surface area contributed by atoms with E-state index in [1.165, 1.54) is 0 Å². The number of hydrogen-bond donors (Lipinski definition) is 0. The molecule has 122 valence electrons. The average Bonchev–Trinajstić information content (AvgIpc) is 3.03. The third-order valence-corrected chi connectivity index (χ3v) is 4.61. The Bertz CT molecular complexity index is 645. The summed E-state index contributed by atoms with van der Waals surface area (Å²) in [5.74, 6) is 1.85. The number of piperidine rings is 1. The maximum Gasteiger partial charge on any atom is 0.230 e. The molecule has 0 unspecified atom stereocenters. The van der Waals surface area contributed by atoms with Crippen LogP contribution in [0.25, 0.3) is 0 Å². The summed E-state index contributed by atoms with van der Waals surface area (Å²) in [7, 11) is 0. The lowest BCUT2D eigenvalue weighted by Gasteiger charge is -2.33. The Kier molecular flexibility index (Phi) is 4.74. The average molecular weight is 313 g/mol. The van der Waals surface area contributed by atoms with Crippen LogP contribution in [-0.4, -0.2) is 34.0 Å². The molecule has 1 fully saturated rings.